The summed E-state index contributed by atoms with van der Waals surface area (Å²) in [5.74, 6) is 0.709. The molecule has 0 bridgehead atoms. The van der Waals surface area contributed by atoms with Crippen molar-refractivity contribution in [3.05, 3.63) is 27.9 Å². The van der Waals surface area contributed by atoms with E-state index >= 15 is 0 Å². The van der Waals surface area contributed by atoms with Crippen LogP contribution in [0.15, 0.2) is 12.3 Å². The average molecular weight is 278 g/mol. The van der Waals surface area contributed by atoms with Crippen LogP contribution in [0.1, 0.15) is 31.2 Å². The third-order valence-corrected chi connectivity index (χ3v) is 4.36. The third kappa shape index (κ3) is 2.90. The van der Waals surface area contributed by atoms with Crippen LogP contribution in [0.2, 0.25) is 0 Å². The second-order valence-corrected chi connectivity index (χ2v) is 5.79. The van der Waals surface area contributed by atoms with E-state index in [0.29, 0.717) is 11.4 Å². The van der Waals surface area contributed by atoms with Crippen molar-refractivity contribution < 1.29 is 4.92 Å². The number of aromatic nitrogens is 1. The van der Waals surface area contributed by atoms with Gasteiger partial charge in [-0.05, 0) is 39.9 Å². The molecule has 20 heavy (non-hydrogen) atoms. The first kappa shape index (κ1) is 14.7. The Bertz CT molecular complexity index is 496. The molecule has 0 spiro atoms. The average Bonchev–Trinajstić information content (AvgIpc) is 2.86. The summed E-state index contributed by atoms with van der Waals surface area (Å²) in [4.78, 5) is 16.8. The van der Waals surface area contributed by atoms with Crippen LogP contribution in [0, 0.1) is 17.0 Å². The Hall–Kier alpha value is -1.69. The van der Waals surface area contributed by atoms with E-state index in [2.05, 4.69) is 29.3 Å². The van der Waals surface area contributed by atoms with Crippen molar-refractivity contribution in [2.45, 2.75) is 38.1 Å². The molecule has 1 aliphatic rings. The van der Waals surface area contributed by atoms with E-state index in [1.165, 1.54) is 31.9 Å². The van der Waals surface area contributed by atoms with E-state index in [1.54, 1.807) is 13.0 Å². The fourth-order valence-corrected chi connectivity index (χ4v) is 2.91. The second-order valence-electron chi connectivity index (χ2n) is 5.79. The minimum atomic E-state index is -0.398. The lowest BCUT2D eigenvalue weighted by molar-refractivity contribution is -0.385. The Morgan fingerprint density at radius 3 is 2.60 bits per heavy atom. The molecule has 0 atom stereocenters. The van der Waals surface area contributed by atoms with E-state index in [9.17, 15) is 10.1 Å². The summed E-state index contributed by atoms with van der Waals surface area (Å²) in [5.41, 5.74) is 0.883. The second kappa shape index (κ2) is 5.75. The summed E-state index contributed by atoms with van der Waals surface area (Å²) in [7, 11) is 4.23. The van der Waals surface area contributed by atoms with Gasteiger partial charge >= 0.3 is 0 Å². The first-order valence-electron chi connectivity index (χ1n) is 6.97. The summed E-state index contributed by atoms with van der Waals surface area (Å²) in [6.07, 6.45) is 6.20. The minimum Gasteiger partial charge on any atom is -0.368 e. The molecule has 1 N–H and O–H groups in total. The topological polar surface area (TPSA) is 71.3 Å². The molecule has 0 radical (unpaired) electrons. The Labute approximate surface area is 119 Å². The van der Waals surface area contributed by atoms with Gasteiger partial charge in [-0.2, -0.15) is 0 Å². The molecule has 0 amide bonds. The first-order chi connectivity index (χ1) is 9.44. The lowest BCUT2D eigenvalue weighted by Gasteiger charge is -2.36. The molecule has 2 rings (SSSR count). The van der Waals surface area contributed by atoms with E-state index in [4.69, 9.17) is 0 Å². The molecular formula is C14H22N4O2. The van der Waals surface area contributed by atoms with E-state index < -0.39 is 4.92 Å². The maximum atomic E-state index is 10.8. The van der Waals surface area contributed by atoms with Crippen LogP contribution in [0.5, 0.6) is 0 Å². The van der Waals surface area contributed by atoms with Crippen LogP contribution in [0.4, 0.5) is 11.5 Å². The van der Waals surface area contributed by atoms with E-state index in [1.807, 2.05) is 0 Å². The van der Waals surface area contributed by atoms with Gasteiger partial charge in [0, 0.05) is 17.6 Å². The minimum absolute atomic E-state index is 0.0683. The van der Waals surface area contributed by atoms with E-state index in [-0.39, 0.29) is 11.2 Å². The third-order valence-electron chi connectivity index (χ3n) is 4.36. The highest BCUT2D eigenvalue weighted by Gasteiger charge is 2.35. The Morgan fingerprint density at radius 2 is 2.10 bits per heavy atom. The van der Waals surface area contributed by atoms with Crippen LogP contribution in [-0.4, -0.2) is 41.0 Å². The van der Waals surface area contributed by atoms with Gasteiger partial charge in [0.15, 0.2) is 0 Å². The van der Waals surface area contributed by atoms with Crippen molar-refractivity contribution in [2.75, 3.05) is 26.0 Å². The monoisotopic (exact) mass is 278 g/mol. The summed E-state index contributed by atoms with van der Waals surface area (Å²) in [6.45, 7) is 2.56. The zero-order chi connectivity index (χ0) is 14.8. The predicted octanol–water partition coefficient (Wildman–Crippen LogP) is 2.58. The Balaban J connectivity index is 2.07. The maximum Gasteiger partial charge on any atom is 0.290 e. The van der Waals surface area contributed by atoms with Gasteiger partial charge in [-0.3, -0.25) is 10.1 Å². The fourth-order valence-electron chi connectivity index (χ4n) is 2.91. The highest BCUT2D eigenvalue weighted by Crippen LogP contribution is 2.34. The number of rotatable bonds is 5. The molecule has 0 aromatic carbocycles. The molecular weight excluding hydrogens is 256 g/mol. The largest absolute Gasteiger partial charge is 0.368 e. The lowest BCUT2D eigenvalue weighted by Crippen LogP contribution is -2.47. The van der Waals surface area contributed by atoms with Crippen LogP contribution >= 0.6 is 0 Å². The van der Waals surface area contributed by atoms with Crippen LogP contribution in [0.25, 0.3) is 0 Å². The van der Waals surface area contributed by atoms with Gasteiger partial charge in [-0.15, -0.1) is 0 Å². The molecule has 1 aromatic heterocycles. The fraction of sp³-hybridized carbons (Fsp3) is 0.643. The number of nitrogens with one attached hydrogen (secondary N) is 1. The molecule has 1 aromatic rings. The molecule has 1 saturated carbocycles. The number of anilines is 1. The normalized spacial score (nSPS) is 17.4. The smallest absolute Gasteiger partial charge is 0.290 e. The first-order valence-corrected chi connectivity index (χ1v) is 6.97. The molecule has 1 fully saturated rings. The zero-order valence-electron chi connectivity index (χ0n) is 12.3. The van der Waals surface area contributed by atoms with Gasteiger partial charge in [0.25, 0.3) is 5.69 Å². The molecule has 1 heterocycles. The van der Waals surface area contributed by atoms with Crippen molar-refractivity contribution in [3.63, 3.8) is 0 Å². The van der Waals surface area contributed by atoms with Crippen LogP contribution in [-0.2, 0) is 0 Å². The SMILES string of the molecule is Cc1cc(NCC2(N(C)C)CCCC2)ncc1[N+](=O)[O-]. The highest BCUT2D eigenvalue weighted by atomic mass is 16.6. The summed E-state index contributed by atoms with van der Waals surface area (Å²) >= 11 is 0. The van der Waals surface area contributed by atoms with Crippen molar-refractivity contribution in [2.24, 2.45) is 0 Å². The van der Waals surface area contributed by atoms with Crippen LogP contribution < -0.4 is 5.32 Å². The van der Waals surface area contributed by atoms with Gasteiger partial charge in [-0.25, -0.2) is 4.98 Å². The van der Waals surface area contributed by atoms with Gasteiger partial charge < -0.3 is 10.2 Å². The molecule has 110 valence electrons. The Morgan fingerprint density at radius 1 is 1.45 bits per heavy atom. The summed E-state index contributed by atoms with van der Waals surface area (Å²) in [6, 6.07) is 1.75. The van der Waals surface area contributed by atoms with Gasteiger partial charge in [0.05, 0.1) is 4.92 Å². The lowest BCUT2D eigenvalue weighted by atomic mass is 9.96. The van der Waals surface area contributed by atoms with Crippen molar-refractivity contribution in [3.8, 4) is 0 Å². The van der Waals surface area contributed by atoms with Gasteiger partial charge in [0.1, 0.15) is 12.0 Å². The number of nitrogens with zero attached hydrogens (tertiary/aromatic N) is 3. The zero-order valence-corrected chi connectivity index (χ0v) is 12.3. The number of pyridine rings is 1. The van der Waals surface area contributed by atoms with Crippen LogP contribution in [0.3, 0.4) is 0 Å². The molecule has 1 aliphatic carbocycles. The number of aryl methyl sites for hydroxylation is 1. The highest BCUT2D eigenvalue weighted by molar-refractivity contribution is 5.47. The molecule has 0 aliphatic heterocycles. The molecule has 6 heteroatoms. The van der Waals surface area contributed by atoms with Gasteiger partial charge in [-0.1, -0.05) is 12.8 Å². The standard InChI is InChI=1S/C14H22N4O2/c1-11-8-13(15-9-12(11)18(19)20)16-10-14(17(2)3)6-4-5-7-14/h8-9H,4-7,10H2,1-3H3,(H,15,16). The molecule has 0 saturated heterocycles. The quantitative estimate of drug-likeness (QED) is 0.662. The predicted molar refractivity (Wildman–Crippen MR) is 79.0 cm³/mol. The summed E-state index contributed by atoms with van der Waals surface area (Å²) in [5, 5.41) is 14.1. The Kier molecular flexibility index (Phi) is 4.23. The van der Waals surface area contributed by atoms with Crippen molar-refractivity contribution in [1.29, 1.82) is 0 Å². The number of nitro groups is 1. The number of hydrogen-bond donors (Lipinski definition) is 1. The van der Waals surface area contributed by atoms with Gasteiger partial charge in [0.2, 0.25) is 0 Å². The van der Waals surface area contributed by atoms with Crippen molar-refractivity contribution >= 4 is 11.5 Å². The molecule has 0 unspecified atom stereocenters. The molecule has 6 nitrogen and oxygen atoms in total. The van der Waals surface area contributed by atoms with E-state index in [0.717, 1.165) is 6.54 Å². The van der Waals surface area contributed by atoms with Crippen molar-refractivity contribution in [1.82, 2.24) is 9.88 Å². The maximum absolute atomic E-state index is 10.8. The number of hydrogen-bond acceptors (Lipinski definition) is 5. The number of likely N-dealkylation sites (N-methyl/N-ethyl adjacent to an activating group) is 1. The summed E-state index contributed by atoms with van der Waals surface area (Å²) < 4.78 is 0.